The second-order valence-electron chi connectivity index (χ2n) is 4.42. The van der Waals surface area contributed by atoms with Crippen molar-refractivity contribution in [1.29, 1.82) is 0 Å². The third-order valence-electron chi connectivity index (χ3n) is 2.68. The number of esters is 1. The van der Waals surface area contributed by atoms with E-state index in [0.29, 0.717) is 0 Å². The molecular formula is C13H16F3NO2. The lowest BCUT2D eigenvalue weighted by Crippen LogP contribution is -2.29. The fraction of sp³-hybridized carbons (Fsp3) is 0.462. The zero-order chi connectivity index (χ0) is 14.6. The molecule has 1 rings (SSSR count). The number of hydrogen-bond donors (Lipinski definition) is 0. The minimum absolute atomic E-state index is 0.0597. The summed E-state index contributed by atoms with van der Waals surface area (Å²) in [5.74, 6) is -1.64. The first kappa shape index (κ1) is 15.5. The normalized spacial score (nSPS) is 13.4. The molecule has 0 saturated heterocycles. The van der Waals surface area contributed by atoms with E-state index in [2.05, 4.69) is 4.74 Å². The smallest absolute Gasteiger partial charge is 0.416 e. The Kier molecular flexibility index (Phi) is 4.94. The van der Waals surface area contributed by atoms with Crippen molar-refractivity contribution in [1.82, 2.24) is 4.90 Å². The maximum absolute atomic E-state index is 12.9. The van der Waals surface area contributed by atoms with E-state index in [-0.39, 0.29) is 12.1 Å². The van der Waals surface area contributed by atoms with E-state index in [9.17, 15) is 18.0 Å². The van der Waals surface area contributed by atoms with Crippen LogP contribution < -0.4 is 0 Å². The molecule has 1 aromatic rings. The summed E-state index contributed by atoms with van der Waals surface area (Å²) in [5.41, 5.74) is -0.859. The van der Waals surface area contributed by atoms with Crippen molar-refractivity contribution in [3.8, 4) is 0 Å². The topological polar surface area (TPSA) is 29.5 Å². The van der Waals surface area contributed by atoms with Gasteiger partial charge >= 0.3 is 12.1 Å². The number of methoxy groups -OCH3 is 1. The van der Waals surface area contributed by atoms with Crippen molar-refractivity contribution in [3.05, 3.63) is 35.4 Å². The maximum Gasteiger partial charge on any atom is 0.416 e. The molecule has 0 amide bonds. The summed E-state index contributed by atoms with van der Waals surface area (Å²) >= 11 is 0. The van der Waals surface area contributed by atoms with Crippen molar-refractivity contribution >= 4 is 5.97 Å². The molecule has 0 aliphatic rings. The van der Waals surface area contributed by atoms with Crippen LogP contribution >= 0.6 is 0 Å². The first-order valence-electron chi connectivity index (χ1n) is 5.66. The van der Waals surface area contributed by atoms with Crippen molar-refractivity contribution in [2.24, 2.45) is 0 Å². The fourth-order valence-electron chi connectivity index (χ4n) is 1.87. The number of likely N-dealkylation sites (N-methyl/N-ethyl adjacent to an activating group) is 1. The van der Waals surface area contributed by atoms with Gasteiger partial charge in [-0.1, -0.05) is 18.2 Å². The Labute approximate surface area is 110 Å². The molecule has 0 aliphatic heterocycles. The molecule has 106 valence electrons. The lowest BCUT2D eigenvalue weighted by Gasteiger charge is -2.22. The number of carbonyl (C=O) groups excluding carboxylic acids is 1. The Morgan fingerprint density at radius 1 is 1.32 bits per heavy atom. The fourth-order valence-corrected chi connectivity index (χ4v) is 1.87. The first-order chi connectivity index (χ1) is 8.77. The number of rotatable bonds is 4. The molecule has 6 heteroatoms. The molecule has 3 nitrogen and oxygen atoms in total. The Morgan fingerprint density at radius 3 is 2.37 bits per heavy atom. The van der Waals surface area contributed by atoms with Crippen LogP contribution in [0.25, 0.3) is 0 Å². The zero-order valence-electron chi connectivity index (χ0n) is 11.0. The van der Waals surface area contributed by atoms with E-state index in [1.165, 1.54) is 25.3 Å². The van der Waals surface area contributed by atoms with Gasteiger partial charge in [-0.15, -0.1) is 0 Å². The van der Waals surface area contributed by atoms with E-state index in [0.717, 1.165) is 6.07 Å². The van der Waals surface area contributed by atoms with Crippen LogP contribution in [0.1, 0.15) is 17.0 Å². The zero-order valence-corrected chi connectivity index (χ0v) is 11.0. The van der Waals surface area contributed by atoms with Crippen molar-refractivity contribution in [3.63, 3.8) is 0 Å². The van der Waals surface area contributed by atoms with Crippen LogP contribution in [-0.2, 0) is 15.7 Å². The number of hydrogen-bond acceptors (Lipinski definition) is 3. The van der Waals surface area contributed by atoms with Crippen LogP contribution in [0.4, 0.5) is 13.2 Å². The minimum atomic E-state index is -4.49. The highest BCUT2D eigenvalue weighted by molar-refractivity contribution is 5.79. The molecule has 1 aromatic carbocycles. The van der Waals surface area contributed by atoms with Crippen LogP contribution in [0.3, 0.4) is 0 Å². The number of nitrogens with zero attached hydrogens (tertiary/aromatic N) is 1. The van der Waals surface area contributed by atoms with Crippen LogP contribution in [0.2, 0.25) is 0 Å². The van der Waals surface area contributed by atoms with E-state index in [4.69, 9.17) is 0 Å². The Bertz CT molecular complexity index is 444. The third-order valence-corrected chi connectivity index (χ3v) is 2.68. The standard InChI is InChI=1S/C13H16F3NO2/c1-17(2)8-10(12(18)19-3)9-6-4-5-7-11(9)13(14,15)16/h4-7,10H,8H2,1-3H3. The number of halogens is 3. The quantitative estimate of drug-likeness (QED) is 0.791. The first-order valence-corrected chi connectivity index (χ1v) is 5.66. The van der Waals surface area contributed by atoms with Gasteiger partial charge in [-0.3, -0.25) is 4.79 Å². The largest absolute Gasteiger partial charge is 0.469 e. The van der Waals surface area contributed by atoms with Crippen LogP contribution in [-0.4, -0.2) is 38.6 Å². The van der Waals surface area contributed by atoms with Gasteiger partial charge < -0.3 is 9.64 Å². The Hall–Kier alpha value is -1.56. The molecule has 0 heterocycles. The summed E-state index contributed by atoms with van der Waals surface area (Å²) in [7, 11) is 4.54. The van der Waals surface area contributed by atoms with Gasteiger partial charge in [-0.2, -0.15) is 13.2 Å². The summed E-state index contributed by atoms with van der Waals surface area (Å²) in [5, 5.41) is 0. The summed E-state index contributed by atoms with van der Waals surface area (Å²) in [4.78, 5) is 13.4. The second-order valence-corrected chi connectivity index (χ2v) is 4.42. The van der Waals surface area contributed by atoms with Gasteiger partial charge in [-0.25, -0.2) is 0 Å². The Balaban J connectivity index is 3.26. The predicted molar refractivity (Wildman–Crippen MR) is 64.8 cm³/mol. The molecular weight excluding hydrogens is 259 g/mol. The van der Waals surface area contributed by atoms with Crippen molar-refractivity contribution in [2.75, 3.05) is 27.7 Å². The van der Waals surface area contributed by atoms with E-state index < -0.39 is 23.6 Å². The molecule has 0 aliphatic carbocycles. The highest BCUT2D eigenvalue weighted by atomic mass is 19.4. The predicted octanol–water partition coefficient (Wildman–Crippen LogP) is 2.52. The maximum atomic E-state index is 12.9. The summed E-state index contributed by atoms with van der Waals surface area (Å²) in [6.45, 7) is 0.153. The van der Waals surface area contributed by atoms with Gasteiger partial charge in [0, 0.05) is 6.54 Å². The molecule has 1 atom stereocenters. The molecule has 0 radical (unpaired) electrons. The molecule has 0 bridgehead atoms. The highest BCUT2D eigenvalue weighted by Crippen LogP contribution is 2.35. The molecule has 0 aromatic heterocycles. The SMILES string of the molecule is COC(=O)C(CN(C)C)c1ccccc1C(F)(F)F. The molecule has 19 heavy (non-hydrogen) atoms. The third kappa shape index (κ3) is 3.96. The van der Waals surface area contributed by atoms with Crippen LogP contribution in [0.15, 0.2) is 24.3 Å². The summed E-state index contributed by atoms with van der Waals surface area (Å²) in [6.07, 6.45) is -4.49. The van der Waals surface area contributed by atoms with E-state index >= 15 is 0 Å². The molecule has 0 N–H and O–H groups in total. The lowest BCUT2D eigenvalue weighted by molar-refractivity contribution is -0.144. The summed E-state index contributed by atoms with van der Waals surface area (Å²) in [6, 6.07) is 5.07. The van der Waals surface area contributed by atoms with Crippen LogP contribution in [0.5, 0.6) is 0 Å². The molecule has 0 fully saturated rings. The van der Waals surface area contributed by atoms with Crippen molar-refractivity contribution in [2.45, 2.75) is 12.1 Å². The second kappa shape index (κ2) is 6.06. The number of ether oxygens (including phenoxy) is 1. The average Bonchev–Trinajstić information content (AvgIpc) is 2.34. The Morgan fingerprint density at radius 2 is 1.89 bits per heavy atom. The highest BCUT2D eigenvalue weighted by Gasteiger charge is 2.37. The van der Waals surface area contributed by atoms with Gasteiger partial charge in [0.05, 0.1) is 18.6 Å². The number of benzene rings is 1. The number of carbonyl (C=O) groups is 1. The lowest BCUT2D eigenvalue weighted by atomic mass is 9.93. The van der Waals surface area contributed by atoms with Crippen LogP contribution in [0, 0.1) is 0 Å². The monoisotopic (exact) mass is 275 g/mol. The molecule has 0 saturated carbocycles. The van der Waals surface area contributed by atoms with Gasteiger partial charge in [0.15, 0.2) is 0 Å². The molecule has 1 unspecified atom stereocenters. The minimum Gasteiger partial charge on any atom is -0.469 e. The van der Waals surface area contributed by atoms with Gasteiger partial charge in [0.1, 0.15) is 0 Å². The molecule has 0 spiro atoms. The van der Waals surface area contributed by atoms with Gasteiger partial charge in [0.2, 0.25) is 0 Å². The van der Waals surface area contributed by atoms with E-state index in [1.54, 1.807) is 19.0 Å². The average molecular weight is 275 g/mol. The number of alkyl halides is 3. The van der Waals surface area contributed by atoms with E-state index in [1.807, 2.05) is 0 Å². The van der Waals surface area contributed by atoms with Crippen molar-refractivity contribution < 1.29 is 22.7 Å². The van der Waals surface area contributed by atoms with Gasteiger partial charge in [-0.05, 0) is 25.7 Å². The summed E-state index contributed by atoms with van der Waals surface area (Å²) < 4.78 is 43.4. The van der Waals surface area contributed by atoms with Gasteiger partial charge in [0.25, 0.3) is 0 Å².